The van der Waals surface area contributed by atoms with Crippen LogP contribution in [0.2, 0.25) is 0 Å². The molecule has 4 aromatic heterocycles. The molecule has 1 N–H and O–H groups in total. The van der Waals surface area contributed by atoms with Gasteiger partial charge in [-0.15, -0.1) is 11.3 Å². The van der Waals surface area contributed by atoms with Crippen molar-refractivity contribution in [2.24, 2.45) is 10.9 Å². The highest BCUT2D eigenvalue weighted by Crippen LogP contribution is 2.22. The van der Waals surface area contributed by atoms with Gasteiger partial charge in [-0.05, 0) is 114 Å². The minimum Gasteiger partial charge on any atom is -0.392 e. The van der Waals surface area contributed by atoms with Gasteiger partial charge >= 0.3 is 0 Å². The van der Waals surface area contributed by atoms with Gasteiger partial charge in [0.1, 0.15) is 0 Å². The largest absolute Gasteiger partial charge is 0.392 e. The summed E-state index contributed by atoms with van der Waals surface area (Å²) in [5.41, 5.74) is 6.20. The van der Waals surface area contributed by atoms with Gasteiger partial charge in [-0.2, -0.15) is 10.2 Å². The number of aromatic nitrogens is 5. The summed E-state index contributed by atoms with van der Waals surface area (Å²) in [6.07, 6.45) is 15.9. The van der Waals surface area contributed by atoms with Gasteiger partial charge in [-0.3, -0.25) is 14.4 Å². The lowest BCUT2D eigenvalue weighted by molar-refractivity contribution is 0.281. The van der Waals surface area contributed by atoms with E-state index in [4.69, 9.17) is 5.11 Å². The highest BCUT2D eigenvalue weighted by atomic mass is 32.1. The Balaban J connectivity index is 0.000000282. The van der Waals surface area contributed by atoms with Gasteiger partial charge in [0.2, 0.25) is 0 Å². The molecule has 0 radical (unpaired) electrons. The Morgan fingerprint density at radius 3 is 1.62 bits per heavy atom. The summed E-state index contributed by atoms with van der Waals surface area (Å²) in [5, 5.41) is 19.1. The minimum atomic E-state index is 0.0761. The Kier molecular flexibility index (Phi) is 18.3. The summed E-state index contributed by atoms with van der Waals surface area (Å²) in [5.74, 6) is 1.35. The molecule has 8 heteroatoms. The lowest BCUT2D eigenvalue weighted by atomic mass is 10.1. The van der Waals surface area contributed by atoms with E-state index >= 15 is 0 Å². The van der Waals surface area contributed by atoms with Crippen LogP contribution in [-0.2, 0) is 6.61 Å². The van der Waals surface area contributed by atoms with E-state index < -0.39 is 0 Å². The van der Waals surface area contributed by atoms with E-state index in [1.165, 1.54) is 27.1 Å². The molecule has 0 atom stereocenters. The maximum atomic E-state index is 8.68. The highest BCUT2D eigenvalue weighted by molar-refractivity contribution is 7.10. The molecule has 250 valence electrons. The number of hydrogen-bond donors (Lipinski definition) is 1. The normalized spacial score (nSPS) is 11.9. The first kappa shape index (κ1) is 39.8. The number of aliphatic imine (C=N–C) groups is 1. The Bertz CT molecular complexity index is 1290. The third-order valence-corrected chi connectivity index (χ3v) is 8.10. The fourth-order valence-electron chi connectivity index (χ4n) is 3.81. The van der Waals surface area contributed by atoms with E-state index in [1.807, 2.05) is 66.3 Å². The average molecular weight is 637 g/mol. The van der Waals surface area contributed by atoms with Crippen molar-refractivity contribution >= 4 is 17.6 Å². The van der Waals surface area contributed by atoms with E-state index in [0.717, 1.165) is 12.1 Å². The van der Waals surface area contributed by atoms with E-state index in [-0.39, 0.29) is 6.61 Å². The standard InChI is InChI=1S/C8H13N.C8H12S.C7H12N2O.C7H12N2.C7H11N/c1-7(2)9-5-4-8(3)6-9;1-6(2)8-4-7(3)5-9-8;1-6(2)9-4-7(5-10)3-8-9;1-6(2)9-5-7(3)4-8-9;1-6(2)7-3-4-8-5-7/h4-7H,1-3H3;4-6H,1-3H3;3-4,6,10H,5H2,1-2H3;4-6H,1-3H3;3,5-6H,4H2,1-2H3. The maximum Gasteiger partial charge on any atom is 0.0712 e. The summed E-state index contributed by atoms with van der Waals surface area (Å²) in [7, 11) is 0. The Labute approximate surface area is 277 Å². The van der Waals surface area contributed by atoms with Gasteiger partial charge in [0.15, 0.2) is 0 Å². The number of rotatable bonds is 6. The van der Waals surface area contributed by atoms with Crippen molar-refractivity contribution in [1.29, 1.82) is 0 Å². The van der Waals surface area contributed by atoms with Crippen molar-refractivity contribution in [3.63, 3.8) is 0 Å². The fourth-order valence-corrected chi connectivity index (χ4v) is 4.73. The van der Waals surface area contributed by atoms with Crippen LogP contribution in [0, 0.1) is 26.7 Å². The zero-order valence-electron chi connectivity index (χ0n) is 30.2. The van der Waals surface area contributed by atoms with Crippen LogP contribution in [0.25, 0.3) is 0 Å². The number of allylic oxidation sites excluding steroid dienone is 1. The van der Waals surface area contributed by atoms with E-state index in [0.29, 0.717) is 30.0 Å². The number of nitrogens with zero attached hydrogens (tertiary/aromatic N) is 6. The molecule has 0 unspecified atom stereocenters. The number of hydrogen-bond acceptors (Lipinski definition) is 5. The lowest BCUT2D eigenvalue weighted by Gasteiger charge is -2.04. The second kappa shape index (κ2) is 20.7. The first-order chi connectivity index (χ1) is 21.1. The van der Waals surface area contributed by atoms with Gasteiger partial charge in [0.05, 0.1) is 25.5 Å². The quantitative estimate of drug-likeness (QED) is 0.229. The van der Waals surface area contributed by atoms with Gasteiger partial charge in [0.25, 0.3) is 0 Å². The predicted molar refractivity (Wildman–Crippen MR) is 195 cm³/mol. The predicted octanol–water partition coefficient (Wildman–Crippen LogP) is 9.94. The number of aliphatic hydroxyl groups is 1. The molecule has 0 fully saturated rings. The van der Waals surface area contributed by atoms with Gasteiger partial charge < -0.3 is 9.67 Å². The van der Waals surface area contributed by atoms with Crippen LogP contribution >= 0.6 is 11.3 Å². The molecule has 0 saturated carbocycles. The molecule has 5 rings (SSSR count). The van der Waals surface area contributed by atoms with E-state index in [1.54, 1.807) is 6.20 Å². The van der Waals surface area contributed by atoms with Crippen LogP contribution in [-0.4, -0.2) is 42.0 Å². The molecule has 0 aromatic carbocycles. The summed E-state index contributed by atoms with van der Waals surface area (Å²) in [6, 6.07) is 5.84. The van der Waals surface area contributed by atoms with Crippen molar-refractivity contribution in [3.05, 3.63) is 93.5 Å². The van der Waals surface area contributed by atoms with Crippen LogP contribution in [0.5, 0.6) is 0 Å². The van der Waals surface area contributed by atoms with Gasteiger partial charge in [-0.25, -0.2) is 0 Å². The first-order valence-electron chi connectivity index (χ1n) is 16.2. The molecule has 45 heavy (non-hydrogen) atoms. The van der Waals surface area contributed by atoms with Crippen molar-refractivity contribution in [2.75, 3.05) is 6.54 Å². The number of aliphatic hydroxyl groups excluding tert-OH is 1. The third kappa shape index (κ3) is 16.1. The lowest BCUT2D eigenvalue weighted by Crippen LogP contribution is -1.99. The summed E-state index contributed by atoms with van der Waals surface area (Å²) < 4.78 is 5.98. The molecule has 5 heterocycles. The van der Waals surface area contributed by atoms with Crippen LogP contribution in [0.4, 0.5) is 0 Å². The Morgan fingerprint density at radius 1 is 0.756 bits per heavy atom. The zero-order valence-corrected chi connectivity index (χ0v) is 31.0. The molecule has 0 aliphatic carbocycles. The molecule has 1 aliphatic rings. The maximum absolute atomic E-state index is 8.68. The van der Waals surface area contributed by atoms with Crippen molar-refractivity contribution in [3.8, 4) is 0 Å². The molecule has 0 saturated heterocycles. The van der Waals surface area contributed by atoms with Gasteiger partial charge in [0, 0.05) is 59.6 Å². The van der Waals surface area contributed by atoms with Crippen molar-refractivity contribution < 1.29 is 5.11 Å². The molecule has 1 aliphatic heterocycles. The van der Waals surface area contributed by atoms with E-state index in [9.17, 15) is 0 Å². The SMILES string of the molecule is CC(C)C1=CCN=C1.CC(C)n1cc(CO)cn1.Cc1ccn(C(C)C)c1.Cc1cnn(C(C)C)c1.Cc1csc(C(C)C)c1. The van der Waals surface area contributed by atoms with Crippen molar-refractivity contribution in [2.45, 2.75) is 121 Å². The fraction of sp³-hybridized carbons (Fsp3) is 0.541. The molecule has 0 bridgehead atoms. The third-order valence-electron chi connectivity index (χ3n) is 6.74. The van der Waals surface area contributed by atoms with Crippen LogP contribution < -0.4 is 0 Å². The van der Waals surface area contributed by atoms with Crippen LogP contribution in [0.1, 0.15) is 120 Å². The molecule has 0 amide bonds. The molecule has 0 spiro atoms. The monoisotopic (exact) mass is 636 g/mol. The smallest absolute Gasteiger partial charge is 0.0712 e. The Morgan fingerprint density at radius 2 is 1.38 bits per heavy atom. The van der Waals surface area contributed by atoms with E-state index in [2.05, 4.69) is 125 Å². The number of thiophene rings is 1. The summed E-state index contributed by atoms with van der Waals surface area (Å²) in [6.45, 7) is 28.8. The number of aryl methyl sites for hydroxylation is 3. The topological polar surface area (TPSA) is 73.2 Å². The molecular formula is C37H60N6OS. The second-order valence-corrected chi connectivity index (χ2v) is 13.9. The molecule has 7 nitrogen and oxygen atoms in total. The second-order valence-electron chi connectivity index (χ2n) is 12.9. The summed E-state index contributed by atoms with van der Waals surface area (Å²) in [4.78, 5) is 5.56. The van der Waals surface area contributed by atoms with Crippen molar-refractivity contribution in [1.82, 2.24) is 24.1 Å². The molecular weight excluding hydrogens is 577 g/mol. The highest BCUT2D eigenvalue weighted by Gasteiger charge is 2.02. The van der Waals surface area contributed by atoms with Crippen LogP contribution in [0.15, 0.2) is 71.3 Å². The first-order valence-corrected chi connectivity index (χ1v) is 17.1. The summed E-state index contributed by atoms with van der Waals surface area (Å²) >= 11 is 1.86. The Hall–Kier alpha value is -3.23. The average Bonchev–Trinajstić information content (AvgIpc) is 3.81. The minimum absolute atomic E-state index is 0.0761. The van der Waals surface area contributed by atoms with Gasteiger partial charge in [-0.1, -0.05) is 33.8 Å². The van der Waals surface area contributed by atoms with Crippen LogP contribution in [0.3, 0.4) is 0 Å². The zero-order chi connectivity index (χ0) is 34.1. The molecule has 4 aromatic rings.